The zero-order valence-electron chi connectivity index (χ0n) is 9.78. The Kier molecular flexibility index (Phi) is 4.98. The van der Waals surface area contributed by atoms with Gasteiger partial charge in [-0.3, -0.25) is 4.79 Å². The zero-order chi connectivity index (χ0) is 13.9. The monoisotopic (exact) mass is 310 g/mol. The summed E-state index contributed by atoms with van der Waals surface area (Å²) in [7, 11) is -2.08. The molecule has 0 aliphatic rings. The Hall–Kier alpha value is -0.820. The molecule has 5 nitrogen and oxygen atoms in total. The van der Waals surface area contributed by atoms with Gasteiger partial charge in [-0.1, -0.05) is 23.2 Å². The lowest BCUT2D eigenvalue weighted by Gasteiger charge is -2.14. The molecule has 0 aromatic heterocycles. The number of carbonyl (C=O) groups excluding carboxylic acids is 1. The van der Waals surface area contributed by atoms with Crippen molar-refractivity contribution in [2.24, 2.45) is 0 Å². The van der Waals surface area contributed by atoms with E-state index < -0.39 is 15.9 Å². The van der Waals surface area contributed by atoms with E-state index in [1.54, 1.807) is 12.1 Å². The first-order chi connectivity index (χ1) is 8.20. The minimum atomic E-state index is -3.40. The van der Waals surface area contributed by atoms with Crippen LogP contribution in [-0.4, -0.2) is 38.5 Å². The zero-order valence-corrected chi connectivity index (χ0v) is 12.1. The van der Waals surface area contributed by atoms with E-state index in [0.717, 1.165) is 10.6 Å². The number of rotatable bonds is 4. The van der Waals surface area contributed by atoms with E-state index in [9.17, 15) is 13.2 Å². The lowest BCUT2D eigenvalue weighted by molar-refractivity contribution is -0.116. The fraction of sp³-hybridized carbons (Fsp3) is 0.300. The van der Waals surface area contributed by atoms with Gasteiger partial charge in [-0.05, 0) is 18.2 Å². The highest BCUT2D eigenvalue weighted by Gasteiger charge is 2.15. The van der Waals surface area contributed by atoms with Gasteiger partial charge in [0.25, 0.3) is 0 Å². The van der Waals surface area contributed by atoms with Crippen LogP contribution in [0.3, 0.4) is 0 Å². The van der Waals surface area contributed by atoms with Gasteiger partial charge in [0.2, 0.25) is 15.9 Å². The minimum absolute atomic E-state index is 0.290. The third-order valence-corrected chi connectivity index (χ3v) is 3.96. The molecule has 0 atom stereocenters. The van der Waals surface area contributed by atoms with Gasteiger partial charge in [-0.2, -0.15) is 4.31 Å². The number of hydrogen-bond acceptors (Lipinski definition) is 3. The fourth-order valence-corrected chi connectivity index (χ4v) is 1.79. The van der Waals surface area contributed by atoms with Crippen LogP contribution < -0.4 is 5.32 Å². The van der Waals surface area contributed by atoms with E-state index in [0.29, 0.717) is 15.7 Å². The van der Waals surface area contributed by atoms with Crippen molar-refractivity contribution in [2.45, 2.75) is 0 Å². The van der Waals surface area contributed by atoms with Crippen LogP contribution in [0, 0.1) is 0 Å². The first-order valence-corrected chi connectivity index (χ1v) is 7.47. The molecule has 1 aromatic rings. The number of benzene rings is 1. The highest BCUT2D eigenvalue weighted by atomic mass is 35.5. The van der Waals surface area contributed by atoms with Crippen LogP contribution in [0.1, 0.15) is 0 Å². The molecule has 1 aromatic carbocycles. The second-order valence-corrected chi connectivity index (χ2v) is 6.62. The molecule has 0 bridgehead atoms. The molecular weight excluding hydrogens is 299 g/mol. The van der Waals surface area contributed by atoms with Gasteiger partial charge in [-0.15, -0.1) is 0 Å². The van der Waals surface area contributed by atoms with Crippen molar-refractivity contribution < 1.29 is 13.2 Å². The maximum absolute atomic E-state index is 11.6. The number of carbonyl (C=O) groups is 1. The lowest BCUT2D eigenvalue weighted by atomic mass is 10.3. The topological polar surface area (TPSA) is 66.5 Å². The van der Waals surface area contributed by atoms with Crippen LogP contribution in [0.4, 0.5) is 5.69 Å². The molecule has 18 heavy (non-hydrogen) atoms. The molecule has 1 amide bonds. The lowest BCUT2D eigenvalue weighted by Crippen LogP contribution is -2.34. The van der Waals surface area contributed by atoms with Gasteiger partial charge in [0.05, 0.1) is 23.5 Å². The summed E-state index contributed by atoms with van der Waals surface area (Å²) in [5, 5.41) is 3.24. The van der Waals surface area contributed by atoms with E-state index in [4.69, 9.17) is 23.2 Å². The number of nitrogens with one attached hydrogen (secondary N) is 1. The highest BCUT2D eigenvalue weighted by Crippen LogP contribution is 2.25. The number of halogens is 2. The molecular formula is C10H12Cl2N2O3S. The van der Waals surface area contributed by atoms with Crippen LogP contribution >= 0.6 is 23.2 Å². The van der Waals surface area contributed by atoms with Crippen molar-refractivity contribution in [3.8, 4) is 0 Å². The molecule has 0 heterocycles. The molecule has 0 fully saturated rings. The van der Waals surface area contributed by atoms with Gasteiger partial charge in [0, 0.05) is 12.1 Å². The van der Waals surface area contributed by atoms with Gasteiger partial charge >= 0.3 is 0 Å². The summed E-state index contributed by atoms with van der Waals surface area (Å²) in [6, 6.07) is 4.62. The number of sulfonamides is 1. The predicted molar refractivity (Wildman–Crippen MR) is 72.6 cm³/mol. The average Bonchev–Trinajstić information content (AvgIpc) is 2.22. The molecule has 0 saturated carbocycles. The molecule has 8 heteroatoms. The number of hydrogen-bond donors (Lipinski definition) is 1. The molecule has 0 unspecified atom stereocenters. The Balaban J connectivity index is 2.74. The van der Waals surface area contributed by atoms with Crippen LogP contribution in [0.25, 0.3) is 0 Å². The molecule has 100 valence electrons. The third kappa shape index (κ3) is 4.45. The minimum Gasteiger partial charge on any atom is -0.324 e. The summed E-state index contributed by atoms with van der Waals surface area (Å²) in [6.07, 6.45) is 1.02. The molecule has 0 aliphatic carbocycles. The van der Waals surface area contributed by atoms with Crippen molar-refractivity contribution in [3.63, 3.8) is 0 Å². The van der Waals surface area contributed by atoms with E-state index in [-0.39, 0.29) is 6.54 Å². The van der Waals surface area contributed by atoms with Crippen LogP contribution in [-0.2, 0) is 14.8 Å². The molecule has 0 aliphatic heterocycles. The Labute approximate surface area is 116 Å². The third-order valence-electron chi connectivity index (χ3n) is 2.13. The molecule has 1 rings (SSSR count). The number of likely N-dealkylation sites (N-methyl/N-ethyl adjacent to an activating group) is 1. The number of nitrogens with zero attached hydrogens (tertiary/aromatic N) is 1. The SMILES string of the molecule is CN(CC(=O)Nc1cc(Cl)ccc1Cl)S(C)(=O)=O. The van der Waals surface area contributed by atoms with Crippen molar-refractivity contribution in [3.05, 3.63) is 28.2 Å². The summed E-state index contributed by atoms with van der Waals surface area (Å²) in [6.45, 7) is -0.290. The Morgan fingerprint density at radius 2 is 2.00 bits per heavy atom. The maximum atomic E-state index is 11.6. The fourth-order valence-electron chi connectivity index (χ4n) is 1.10. The van der Waals surface area contributed by atoms with Gasteiger partial charge in [0.15, 0.2) is 0 Å². The molecule has 0 saturated heterocycles. The van der Waals surface area contributed by atoms with Gasteiger partial charge < -0.3 is 5.32 Å². The van der Waals surface area contributed by atoms with Crippen molar-refractivity contribution in [2.75, 3.05) is 25.2 Å². The Bertz CT molecular complexity index is 560. The standard InChI is InChI=1S/C10H12Cl2N2O3S/c1-14(18(2,16)17)6-10(15)13-9-5-7(11)3-4-8(9)12/h3-5H,6H2,1-2H3,(H,13,15). The smallest absolute Gasteiger partial charge is 0.239 e. The average molecular weight is 311 g/mol. The van der Waals surface area contributed by atoms with Gasteiger partial charge in [-0.25, -0.2) is 8.42 Å². The molecule has 1 N–H and O–H groups in total. The molecule has 0 radical (unpaired) electrons. The first-order valence-electron chi connectivity index (χ1n) is 4.86. The Morgan fingerprint density at radius 3 is 2.56 bits per heavy atom. The van der Waals surface area contributed by atoms with Crippen molar-refractivity contribution in [1.29, 1.82) is 0 Å². The Morgan fingerprint density at radius 1 is 1.39 bits per heavy atom. The predicted octanol–water partition coefficient (Wildman–Crippen LogP) is 1.82. The van der Waals surface area contributed by atoms with E-state index in [1.807, 2.05) is 0 Å². The van der Waals surface area contributed by atoms with E-state index >= 15 is 0 Å². The summed E-state index contributed by atoms with van der Waals surface area (Å²) in [4.78, 5) is 11.6. The van der Waals surface area contributed by atoms with Gasteiger partial charge in [0.1, 0.15) is 0 Å². The van der Waals surface area contributed by atoms with Crippen LogP contribution in [0.5, 0.6) is 0 Å². The van der Waals surface area contributed by atoms with Crippen molar-refractivity contribution >= 4 is 44.8 Å². The largest absolute Gasteiger partial charge is 0.324 e. The van der Waals surface area contributed by atoms with Crippen molar-refractivity contribution in [1.82, 2.24) is 4.31 Å². The second kappa shape index (κ2) is 5.88. The second-order valence-electron chi connectivity index (χ2n) is 3.69. The summed E-state index contributed by atoms with van der Waals surface area (Å²) >= 11 is 11.6. The number of amides is 1. The van der Waals surface area contributed by atoms with Crippen LogP contribution in [0.2, 0.25) is 10.0 Å². The van der Waals surface area contributed by atoms with E-state index in [2.05, 4.69) is 5.32 Å². The maximum Gasteiger partial charge on any atom is 0.239 e. The summed E-state index contributed by atoms with van der Waals surface area (Å²) < 4.78 is 23.2. The summed E-state index contributed by atoms with van der Waals surface area (Å²) in [5.41, 5.74) is 0.344. The highest BCUT2D eigenvalue weighted by molar-refractivity contribution is 7.88. The van der Waals surface area contributed by atoms with E-state index in [1.165, 1.54) is 13.1 Å². The summed E-state index contributed by atoms with van der Waals surface area (Å²) in [5.74, 6) is -0.493. The molecule has 0 spiro atoms. The first kappa shape index (κ1) is 15.2. The normalized spacial score (nSPS) is 11.6. The quantitative estimate of drug-likeness (QED) is 0.922. The van der Waals surface area contributed by atoms with Crippen LogP contribution in [0.15, 0.2) is 18.2 Å². The number of anilines is 1.